The first kappa shape index (κ1) is 22.9. The molecule has 174 valence electrons. The van der Waals surface area contributed by atoms with Crippen LogP contribution >= 0.6 is 0 Å². The molecule has 0 radical (unpaired) electrons. The van der Waals surface area contributed by atoms with Crippen molar-refractivity contribution in [1.29, 1.82) is 0 Å². The van der Waals surface area contributed by atoms with E-state index in [1.807, 2.05) is 0 Å². The van der Waals surface area contributed by atoms with Crippen molar-refractivity contribution in [1.82, 2.24) is 0 Å². The third kappa shape index (κ3) is 4.19. The van der Waals surface area contributed by atoms with Crippen LogP contribution < -0.4 is 19.7 Å². The van der Waals surface area contributed by atoms with E-state index in [1.165, 1.54) is 14.2 Å². The minimum Gasteiger partial charge on any atom is -0.497 e. The lowest BCUT2D eigenvalue weighted by molar-refractivity contribution is -0.137. The fourth-order valence-electron chi connectivity index (χ4n) is 3.60. The second-order valence-electron chi connectivity index (χ2n) is 7.30. The zero-order valence-corrected chi connectivity index (χ0v) is 18.1. The summed E-state index contributed by atoms with van der Waals surface area (Å²) in [5, 5.41) is 2.98. The van der Waals surface area contributed by atoms with E-state index in [1.54, 1.807) is 48.5 Å². The van der Waals surface area contributed by atoms with E-state index in [0.29, 0.717) is 22.7 Å². The summed E-state index contributed by atoms with van der Waals surface area (Å²) < 4.78 is 49.5. The first-order chi connectivity index (χ1) is 16.2. The molecule has 1 aliphatic rings. The summed E-state index contributed by atoms with van der Waals surface area (Å²) in [5.41, 5.74) is 0.0234. The highest BCUT2D eigenvalue weighted by molar-refractivity contribution is 6.46. The van der Waals surface area contributed by atoms with Gasteiger partial charge in [0.15, 0.2) is 0 Å². The van der Waals surface area contributed by atoms with Crippen LogP contribution in [-0.4, -0.2) is 26.0 Å². The van der Waals surface area contributed by atoms with Crippen LogP contribution in [0.15, 0.2) is 78.5 Å². The number of alkyl halides is 3. The lowest BCUT2D eigenvalue weighted by atomic mass is 10.0. The molecule has 3 aromatic carbocycles. The molecule has 9 heteroatoms. The number of halogens is 3. The van der Waals surface area contributed by atoms with Crippen LogP contribution in [0.1, 0.15) is 11.1 Å². The number of anilines is 2. The quantitative estimate of drug-likeness (QED) is 0.509. The fourth-order valence-corrected chi connectivity index (χ4v) is 3.60. The number of benzene rings is 3. The molecule has 1 N–H and O–H groups in total. The van der Waals surface area contributed by atoms with Crippen LogP contribution in [-0.2, 0) is 15.8 Å². The zero-order chi connectivity index (χ0) is 24.5. The Morgan fingerprint density at radius 1 is 0.824 bits per heavy atom. The Hall–Kier alpha value is -4.27. The molecule has 0 unspecified atom stereocenters. The number of rotatable bonds is 6. The number of hydrogen-bond donors (Lipinski definition) is 1. The molecule has 2 amide bonds. The van der Waals surface area contributed by atoms with Gasteiger partial charge in [-0.05, 0) is 42.0 Å². The molecule has 0 saturated heterocycles. The largest absolute Gasteiger partial charge is 0.497 e. The van der Waals surface area contributed by atoms with Crippen molar-refractivity contribution in [2.75, 3.05) is 24.4 Å². The maximum absolute atomic E-state index is 13.4. The smallest absolute Gasteiger partial charge is 0.416 e. The normalized spacial score (nSPS) is 14.0. The summed E-state index contributed by atoms with van der Waals surface area (Å²) in [7, 11) is 2.94. The maximum atomic E-state index is 13.4. The van der Waals surface area contributed by atoms with Crippen LogP contribution in [0.2, 0.25) is 0 Å². The fraction of sp³-hybridized carbons (Fsp3) is 0.120. The van der Waals surface area contributed by atoms with E-state index < -0.39 is 23.6 Å². The predicted molar refractivity (Wildman–Crippen MR) is 120 cm³/mol. The van der Waals surface area contributed by atoms with Crippen molar-refractivity contribution in [2.45, 2.75) is 6.18 Å². The Labute approximate surface area is 193 Å². The Morgan fingerprint density at radius 3 is 2.09 bits per heavy atom. The minimum absolute atomic E-state index is 0.0193. The van der Waals surface area contributed by atoms with E-state index in [0.717, 1.165) is 29.2 Å². The highest BCUT2D eigenvalue weighted by Crippen LogP contribution is 2.38. The van der Waals surface area contributed by atoms with E-state index in [9.17, 15) is 22.8 Å². The molecule has 4 rings (SSSR count). The van der Waals surface area contributed by atoms with Gasteiger partial charge in [0.05, 0.1) is 36.7 Å². The predicted octanol–water partition coefficient (Wildman–Crippen LogP) is 5.12. The van der Waals surface area contributed by atoms with Gasteiger partial charge in [-0.25, -0.2) is 4.90 Å². The van der Waals surface area contributed by atoms with Gasteiger partial charge in [0, 0.05) is 6.07 Å². The van der Waals surface area contributed by atoms with Gasteiger partial charge in [-0.15, -0.1) is 0 Å². The Kier molecular flexibility index (Phi) is 6.02. The molecule has 0 aliphatic carbocycles. The van der Waals surface area contributed by atoms with E-state index in [4.69, 9.17) is 9.47 Å². The van der Waals surface area contributed by atoms with E-state index in [-0.39, 0.29) is 17.0 Å². The highest BCUT2D eigenvalue weighted by Gasteiger charge is 2.41. The minimum atomic E-state index is -4.54. The standard InChI is InChI=1S/C25H19F3N2O4/c1-33-18-12-13-20(34-2)19(14-18)29-22-21(15-6-4-3-5-7-15)23(31)30(24(22)32)17-10-8-16(9-11-17)25(26,27)28/h3-14,29H,1-2H3. The molecule has 1 aliphatic heterocycles. The summed E-state index contributed by atoms with van der Waals surface area (Å²) in [4.78, 5) is 27.7. The van der Waals surface area contributed by atoms with E-state index in [2.05, 4.69) is 5.32 Å². The number of amides is 2. The van der Waals surface area contributed by atoms with Crippen molar-refractivity contribution in [2.24, 2.45) is 0 Å². The number of imide groups is 1. The highest BCUT2D eigenvalue weighted by atomic mass is 19.4. The summed E-state index contributed by atoms with van der Waals surface area (Å²) >= 11 is 0. The average Bonchev–Trinajstić information content (AvgIpc) is 3.08. The van der Waals surface area contributed by atoms with Crippen molar-refractivity contribution in [3.8, 4) is 11.5 Å². The van der Waals surface area contributed by atoms with Gasteiger partial charge in [-0.1, -0.05) is 30.3 Å². The first-order valence-corrected chi connectivity index (χ1v) is 10.1. The monoisotopic (exact) mass is 468 g/mol. The van der Waals surface area contributed by atoms with Gasteiger partial charge in [0.2, 0.25) is 0 Å². The molecular weight excluding hydrogens is 449 g/mol. The number of methoxy groups -OCH3 is 2. The average molecular weight is 468 g/mol. The lowest BCUT2D eigenvalue weighted by Crippen LogP contribution is -2.32. The summed E-state index contributed by atoms with van der Waals surface area (Å²) in [6, 6.07) is 17.3. The van der Waals surface area contributed by atoms with Gasteiger partial charge < -0.3 is 14.8 Å². The van der Waals surface area contributed by atoms with Gasteiger partial charge in [-0.2, -0.15) is 13.2 Å². The molecule has 6 nitrogen and oxygen atoms in total. The Balaban J connectivity index is 1.80. The van der Waals surface area contributed by atoms with Crippen molar-refractivity contribution in [3.63, 3.8) is 0 Å². The molecule has 1 heterocycles. The van der Waals surface area contributed by atoms with Gasteiger partial charge in [0.25, 0.3) is 11.8 Å². The number of hydrogen-bond acceptors (Lipinski definition) is 5. The van der Waals surface area contributed by atoms with Crippen LogP contribution in [0.4, 0.5) is 24.5 Å². The SMILES string of the molecule is COc1ccc(OC)c(NC2=C(c3ccccc3)C(=O)N(c3ccc(C(F)(F)F)cc3)C2=O)c1. The van der Waals surface area contributed by atoms with Crippen LogP contribution in [0.25, 0.3) is 5.57 Å². The Morgan fingerprint density at radius 2 is 1.50 bits per heavy atom. The number of nitrogens with zero attached hydrogens (tertiary/aromatic N) is 1. The Bertz CT molecular complexity index is 1270. The van der Waals surface area contributed by atoms with Gasteiger partial charge in [0.1, 0.15) is 17.2 Å². The molecule has 0 saturated carbocycles. The molecule has 34 heavy (non-hydrogen) atoms. The van der Waals surface area contributed by atoms with Gasteiger partial charge in [-0.3, -0.25) is 9.59 Å². The molecule has 0 atom stereocenters. The van der Waals surface area contributed by atoms with E-state index >= 15 is 0 Å². The van der Waals surface area contributed by atoms with Crippen LogP contribution in [0, 0.1) is 0 Å². The van der Waals surface area contributed by atoms with Crippen molar-refractivity contribution >= 4 is 28.8 Å². The molecule has 0 fully saturated rings. The topological polar surface area (TPSA) is 67.9 Å². The van der Waals surface area contributed by atoms with Gasteiger partial charge >= 0.3 is 6.18 Å². The number of nitrogens with one attached hydrogen (secondary N) is 1. The summed E-state index contributed by atoms with van der Waals surface area (Å²) in [6.07, 6.45) is -4.54. The second-order valence-corrected chi connectivity index (χ2v) is 7.30. The molecule has 0 spiro atoms. The number of carbonyl (C=O) groups excluding carboxylic acids is 2. The zero-order valence-electron chi connectivity index (χ0n) is 18.1. The summed E-state index contributed by atoms with van der Waals surface area (Å²) in [6.45, 7) is 0. The third-order valence-electron chi connectivity index (χ3n) is 5.27. The van der Waals surface area contributed by atoms with Crippen LogP contribution in [0.5, 0.6) is 11.5 Å². The van der Waals surface area contributed by atoms with Crippen molar-refractivity contribution in [3.05, 3.63) is 89.6 Å². The molecule has 0 aromatic heterocycles. The summed E-state index contributed by atoms with van der Waals surface area (Å²) in [5.74, 6) is -0.496. The van der Waals surface area contributed by atoms with Crippen molar-refractivity contribution < 1.29 is 32.2 Å². The maximum Gasteiger partial charge on any atom is 0.416 e. The molecule has 3 aromatic rings. The second kappa shape index (κ2) is 8.93. The molecular formula is C25H19F3N2O4. The first-order valence-electron chi connectivity index (χ1n) is 10.1. The lowest BCUT2D eigenvalue weighted by Gasteiger charge is -2.17. The van der Waals surface area contributed by atoms with Crippen LogP contribution in [0.3, 0.4) is 0 Å². The number of ether oxygens (including phenoxy) is 2. The number of carbonyl (C=O) groups is 2. The third-order valence-corrected chi connectivity index (χ3v) is 5.27. The molecule has 0 bridgehead atoms.